The van der Waals surface area contributed by atoms with E-state index >= 15 is 0 Å². The van der Waals surface area contributed by atoms with Crippen molar-refractivity contribution in [3.05, 3.63) is 107 Å². The van der Waals surface area contributed by atoms with Crippen LogP contribution in [0.2, 0.25) is 0 Å². The van der Waals surface area contributed by atoms with Gasteiger partial charge in [-0.2, -0.15) is 0 Å². The van der Waals surface area contributed by atoms with Crippen molar-refractivity contribution in [3.8, 4) is 0 Å². The third-order valence-corrected chi connectivity index (χ3v) is 7.74. The lowest BCUT2D eigenvalue weighted by Gasteiger charge is -2.31. The van der Waals surface area contributed by atoms with Crippen molar-refractivity contribution in [1.82, 2.24) is 15.3 Å². The van der Waals surface area contributed by atoms with Gasteiger partial charge in [-0.05, 0) is 75.4 Å². The summed E-state index contributed by atoms with van der Waals surface area (Å²) in [6.07, 6.45) is 0.367. The van der Waals surface area contributed by atoms with Gasteiger partial charge in [0.2, 0.25) is 5.91 Å². The fraction of sp³-hybridized carbons (Fsp3) is 0.333. The van der Waals surface area contributed by atoms with Crippen LogP contribution >= 0.6 is 0 Å². The Morgan fingerprint density at radius 2 is 1.71 bits per heavy atom. The number of nitrogens with two attached hydrogens (primary N) is 1. The number of esters is 2. The van der Waals surface area contributed by atoms with Crippen LogP contribution in [0, 0.1) is 11.7 Å². The number of rotatable bonds is 15. The van der Waals surface area contributed by atoms with Crippen molar-refractivity contribution in [3.63, 3.8) is 0 Å². The molecule has 4 aromatic rings. The number of amides is 2. The molecule has 252 valence electrons. The summed E-state index contributed by atoms with van der Waals surface area (Å²) in [6.45, 7) is 4.25. The molecule has 0 radical (unpaired) electrons. The van der Waals surface area contributed by atoms with Gasteiger partial charge in [0, 0.05) is 18.4 Å². The van der Waals surface area contributed by atoms with Gasteiger partial charge >= 0.3 is 11.9 Å². The Morgan fingerprint density at radius 1 is 1.00 bits per heavy atom. The first-order valence-corrected chi connectivity index (χ1v) is 15.5. The highest BCUT2D eigenvalue weighted by atomic mass is 19.1. The van der Waals surface area contributed by atoms with Crippen LogP contribution in [0.4, 0.5) is 4.39 Å². The van der Waals surface area contributed by atoms with E-state index in [4.69, 9.17) is 15.2 Å². The zero-order valence-electron chi connectivity index (χ0n) is 27.0. The van der Waals surface area contributed by atoms with Crippen molar-refractivity contribution in [1.29, 1.82) is 0 Å². The van der Waals surface area contributed by atoms with E-state index in [0.29, 0.717) is 22.2 Å². The maximum absolute atomic E-state index is 14.3. The van der Waals surface area contributed by atoms with Gasteiger partial charge in [-0.15, -0.1) is 0 Å². The molecule has 0 unspecified atom stereocenters. The maximum Gasteiger partial charge on any atom is 0.338 e. The van der Waals surface area contributed by atoms with Crippen LogP contribution < -0.4 is 11.1 Å². The van der Waals surface area contributed by atoms with Gasteiger partial charge < -0.3 is 25.6 Å². The number of carbonyl (C=O) groups is 4. The fourth-order valence-corrected chi connectivity index (χ4v) is 5.21. The Labute approximate surface area is 277 Å². The molecule has 2 amide bonds. The molecule has 1 aromatic heterocycles. The van der Waals surface area contributed by atoms with Crippen LogP contribution in [0.25, 0.3) is 11.0 Å². The van der Waals surface area contributed by atoms with E-state index in [9.17, 15) is 28.7 Å². The summed E-state index contributed by atoms with van der Waals surface area (Å²) in [4.78, 5) is 60.4. The van der Waals surface area contributed by atoms with Crippen molar-refractivity contribution in [2.24, 2.45) is 11.7 Å². The summed E-state index contributed by atoms with van der Waals surface area (Å²) >= 11 is 0. The molecule has 11 nitrogen and oxygen atoms in total. The van der Waals surface area contributed by atoms with Crippen LogP contribution in [-0.4, -0.2) is 56.6 Å². The summed E-state index contributed by atoms with van der Waals surface area (Å²) in [5, 5.41) is 13.3. The number of ether oxygens (including phenoxy) is 2. The highest BCUT2D eigenvalue weighted by molar-refractivity contribution is 5.94. The number of aliphatic hydroxyl groups is 1. The molecule has 4 rings (SSSR count). The van der Waals surface area contributed by atoms with Gasteiger partial charge in [0.15, 0.2) is 0 Å². The van der Waals surface area contributed by atoms with Gasteiger partial charge in [0.25, 0.3) is 5.91 Å². The quantitative estimate of drug-likeness (QED) is 0.156. The number of aromatic nitrogens is 2. The standard InChI is InChI=1S/C36H39FN4O7/c1-22(42)47-21-25-10-4-5-12-27(25)35(45)48-32(19-24(33(38)43)15-16-36(2,3)46)30(18-23-9-8-11-26(37)17-23)41-34(44)31-20-39-28-13-6-7-14-29(28)40-31/h4-14,17,20,24,30,32,46H,15-16,18-19,21H2,1-3H3,(H2,38,43)(H,41,44)/t24-,30+,32+/m1/s1. The topological polar surface area (TPSA) is 171 Å². The van der Waals surface area contributed by atoms with E-state index in [2.05, 4.69) is 15.3 Å². The van der Waals surface area contributed by atoms with Crippen molar-refractivity contribution < 1.29 is 38.1 Å². The third-order valence-electron chi connectivity index (χ3n) is 7.74. The highest BCUT2D eigenvalue weighted by Crippen LogP contribution is 2.25. The molecule has 0 aliphatic carbocycles. The van der Waals surface area contributed by atoms with E-state index in [0.717, 1.165) is 0 Å². The van der Waals surface area contributed by atoms with Crippen LogP contribution in [0.1, 0.15) is 72.0 Å². The van der Waals surface area contributed by atoms with E-state index in [1.807, 2.05) is 0 Å². The zero-order valence-corrected chi connectivity index (χ0v) is 27.0. The first-order chi connectivity index (χ1) is 22.8. The van der Waals surface area contributed by atoms with Gasteiger partial charge in [-0.3, -0.25) is 19.4 Å². The number of benzene rings is 3. The fourth-order valence-electron chi connectivity index (χ4n) is 5.21. The second kappa shape index (κ2) is 16.1. The molecule has 0 bridgehead atoms. The monoisotopic (exact) mass is 658 g/mol. The third kappa shape index (κ3) is 10.4. The molecule has 3 atom stereocenters. The van der Waals surface area contributed by atoms with Gasteiger partial charge in [-0.25, -0.2) is 14.2 Å². The molecular formula is C36H39FN4O7. The van der Waals surface area contributed by atoms with E-state index in [1.54, 1.807) is 62.4 Å². The largest absolute Gasteiger partial charge is 0.461 e. The SMILES string of the molecule is CC(=O)OCc1ccccc1C(=O)O[C@@H](C[C@@H](CCC(C)(C)O)C(N)=O)[C@H](Cc1cccc(F)c1)NC(=O)c1cnc2ccccc2n1. The Kier molecular flexibility index (Phi) is 11.9. The number of halogens is 1. The number of fused-ring (bicyclic) bond motifs is 1. The van der Waals surface area contributed by atoms with Crippen LogP contribution in [0.15, 0.2) is 79.0 Å². The van der Waals surface area contributed by atoms with E-state index < -0.39 is 53.2 Å². The van der Waals surface area contributed by atoms with E-state index in [-0.39, 0.29) is 43.5 Å². The Balaban J connectivity index is 1.74. The Hall–Kier alpha value is -5.23. The second-order valence-electron chi connectivity index (χ2n) is 12.2. The molecule has 0 aliphatic heterocycles. The number of nitrogens with zero attached hydrogens (tertiary/aromatic N) is 2. The number of hydrogen-bond acceptors (Lipinski definition) is 9. The predicted molar refractivity (Wildman–Crippen MR) is 175 cm³/mol. The summed E-state index contributed by atoms with van der Waals surface area (Å²) in [5.74, 6) is -4.06. The molecule has 4 N–H and O–H groups in total. The normalized spacial score (nSPS) is 13.3. The summed E-state index contributed by atoms with van der Waals surface area (Å²) in [7, 11) is 0. The molecule has 0 saturated heterocycles. The summed E-state index contributed by atoms with van der Waals surface area (Å²) in [6, 6.07) is 18.1. The minimum absolute atomic E-state index is 0.00543. The van der Waals surface area contributed by atoms with Gasteiger partial charge in [-0.1, -0.05) is 42.5 Å². The van der Waals surface area contributed by atoms with Crippen LogP contribution in [-0.2, 0) is 32.1 Å². The van der Waals surface area contributed by atoms with Crippen LogP contribution in [0.3, 0.4) is 0 Å². The highest BCUT2D eigenvalue weighted by Gasteiger charge is 2.34. The zero-order chi connectivity index (χ0) is 34.8. The predicted octanol–water partition coefficient (Wildman–Crippen LogP) is 4.44. The Morgan fingerprint density at radius 3 is 2.40 bits per heavy atom. The van der Waals surface area contributed by atoms with Gasteiger partial charge in [0.05, 0.1) is 34.4 Å². The first kappa shape index (κ1) is 35.6. The lowest BCUT2D eigenvalue weighted by molar-refractivity contribution is -0.142. The van der Waals surface area contributed by atoms with Crippen molar-refractivity contribution >= 4 is 34.8 Å². The minimum Gasteiger partial charge on any atom is -0.461 e. The molecule has 3 aromatic carbocycles. The number of para-hydroxylation sites is 2. The van der Waals surface area contributed by atoms with Crippen molar-refractivity contribution in [2.75, 3.05) is 0 Å². The molecule has 48 heavy (non-hydrogen) atoms. The average Bonchev–Trinajstić information content (AvgIpc) is 3.04. The van der Waals surface area contributed by atoms with E-state index in [1.165, 1.54) is 37.4 Å². The second-order valence-corrected chi connectivity index (χ2v) is 12.2. The number of nitrogens with one attached hydrogen (secondary N) is 1. The molecular weight excluding hydrogens is 619 g/mol. The molecule has 0 spiro atoms. The van der Waals surface area contributed by atoms with Crippen molar-refractivity contribution in [2.45, 2.75) is 70.8 Å². The minimum atomic E-state index is -1.18. The summed E-state index contributed by atoms with van der Waals surface area (Å²) in [5.41, 5.74) is 6.71. The number of primary amides is 1. The maximum atomic E-state index is 14.3. The molecule has 0 saturated carbocycles. The van der Waals surface area contributed by atoms with Gasteiger partial charge in [0.1, 0.15) is 24.2 Å². The summed E-state index contributed by atoms with van der Waals surface area (Å²) < 4.78 is 25.5. The van der Waals surface area contributed by atoms with Crippen LogP contribution in [0.5, 0.6) is 0 Å². The Bertz CT molecular complexity index is 1770. The number of hydrogen-bond donors (Lipinski definition) is 3. The average molecular weight is 659 g/mol. The lowest BCUT2D eigenvalue weighted by atomic mass is 9.87. The molecule has 0 aliphatic rings. The first-order valence-electron chi connectivity index (χ1n) is 15.5. The number of carbonyl (C=O) groups excluding carboxylic acids is 4. The molecule has 0 fully saturated rings. The smallest absolute Gasteiger partial charge is 0.338 e. The molecule has 12 heteroatoms. The lowest BCUT2D eigenvalue weighted by Crippen LogP contribution is -2.48. The molecule has 1 heterocycles.